The van der Waals surface area contributed by atoms with Gasteiger partial charge in [0.05, 0.1) is 18.3 Å². The van der Waals surface area contributed by atoms with Gasteiger partial charge in [-0.15, -0.1) is 0 Å². The minimum absolute atomic E-state index is 0.250. The molecule has 0 atom stereocenters. The number of carbonyl (C=O) groups excluding carboxylic acids is 3. The van der Waals surface area contributed by atoms with Gasteiger partial charge in [0.2, 0.25) is 0 Å². The SMILES string of the molecule is O=C(CNC(=O)c1cccc2ccccc12)NN=Cc1cc(Br)ccc1OC(=O)c1ccc(Cl)cc1. The Morgan fingerprint density at radius 2 is 1.69 bits per heavy atom. The van der Waals surface area contributed by atoms with E-state index in [1.807, 2.05) is 30.3 Å². The van der Waals surface area contributed by atoms with Gasteiger partial charge in [0, 0.05) is 20.6 Å². The number of fused-ring (bicyclic) bond motifs is 1. The highest BCUT2D eigenvalue weighted by Crippen LogP contribution is 2.23. The van der Waals surface area contributed by atoms with Gasteiger partial charge >= 0.3 is 5.97 Å². The van der Waals surface area contributed by atoms with Crippen molar-refractivity contribution in [2.45, 2.75) is 0 Å². The predicted octanol–water partition coefficient (Wildman–Crippen LogP) is 5.36. The monoisotopic (exact) mass is 563 g/mol. The summed E-state index contributed by atoms with van der Waals surface area (Å²) in [5.41, 5.74) is 3.62. The molecule has 0 heterocycles. The molecule has 4 rings (SSSR count). The molecule has 0 aliphatic carbocycles. The Morgan fingerprint density at radius 1 is 0.944 bits per heavy atom. The second-order valence-corrected chi connectivity index (χ2v) is 8.93. The lowest BCUT2D eigenvalue weighted by molar-refractivity contribution is -0.120. The highest BCUT2D eigenvalue weighted by molar-refractivity contribution is 9.10. The molecule has 0 saturated heterocycles. The Labute approximate surface area is 220 Å². The Bertz CT molecular complexity index is 1470. The third-order valence-corrected chi connectivity index (χ3v) is 5.84. The number of hydrogen-bond donors (Lipinski definition) is 2. The van der Waals surface area contributed by atoms with E-state index < -0.39 is 11.9 Å². The molecule has 36 heavy (non-hydrogen) atoms. The summed E-state index contributed by atoms with van der Waals surface area (Å²) in [6.07, 6.45) is 1.35. The van der Waals surface area contributed by atoms with Crippen molar-refractivity contribution in [1.82, 2.24) is 10.7 Å². The number of esters is 1. The van der Waals surface area contributed by atoms with Crippen molar-refractivity contribution < 1.29 is 19.1 Å². The lowest BCUT2D eigenvalue weighted by atomic mass is 10.0. The molecule has 180 valence electrons. The quantitative estimate of drug-likeness (QED) is 0.137. The minimum atomic E-state index is -0.566. The molecule has 0 aromatic heterocycles. The minimum Gasteiger partial charge on any atom is -0.422 e. The van der Waals surface area contributed by atoms with Gasteiger partial charge in [0.1, 0.15) is 5.75 Å². The fraction of sp³-hybridized carbons (Fsp3) is 0.0370. The first-order chi connectivity index (χ1) is 17.4. The number of halogens is 2. The van der Waals surface area contributed by atoms with E-state index in [-0.39, 0.29) is 18.2 Å². The maximum Gasteiger partial charge on any atom is 0.343 e. The second kappa shape index (κ2) is 11.6. The average Bonchev–Trinajstić information content (AvgIpc) is 2.88. The molecule has 0 radical (unpaired) electrons. The molecule has 0 aliphatic rings. The fourth-order valence-corrected chi connectivity index (χ4v) is 3.86. The van der Waals surface area contributed by atoms with Crippen LogP contribution in [0.3, 0.4) is 0 Å². The number of rotatable bonds is 7. The second-order valence-electron chi connectivity index (χ2n) is 7.58. The summed E-state index contributed by atoms with van der Waals surface area (Å²) in [7, 11) is 0. The van der Waals surface area contributed by atoms with Crippen molar-refractivity contribution >= 4 is 62.3 Å². The highest BCUT2D eigenvalue weighted by Gasteiger charge is 2.13. The first kappa shape index (κ1) is 25.1. The molecule has 2 amide bonds. The zero-order chi connectivity index (χ0) is 25.5. The number of carbonyl (C=O) groups is 3. The third-order valence-electron chi connectivity index (χ3n) is 5.09. The molecule has 4 aromatic carbocycles. The molecule has 0 saturated carbocycles. The van der Waals surface area contributed by atoms with Gasteiger partial charge in [-0.3, -0.25) is 9.59 Å². The van der Waals surface area contributed by atoms with Crippen LogP contribution in [0, 0.1) is 0 Å². The number of ether oxygens (including phenoxy) is 1. The molecular weight excluding hydrogens is 546 g/mol. The lowest BCUT2D eigenvalue weighted by Gasteiger charge is -2.09. The number of hydrogen-bond acceptors (Lipinski definition) is 5. The summed E-state index contributed by atoms with van der Waals surface area (Å²) in [5, 5.41) is 8.76. The Balaban J connectivity index is 1.36. The Hall–Kier alpha value is -4.01. The molecule has 9 heteroatoms. The number of benzene rings is 4. The van der Waals surface area contributed by atoms with Gasteiger partial charge < -0.3 is 10.1 Å². The van der Waals surface area contributed by atoms with Crippen LogP contribution in [0.15, 0.2) is 94.5 Å². The zero-order valence-corrected chi connectivity index (χ0v) is 21.0. The van der Waals surface area contributed by atoms with Crippen molar-refractivity contribution in [1.29, 1.82) is 0 Å². The van der Waals surface area contributed by atoms with Gasteiger partial charge in [-0.05, 0) is 59.3 Å². The van der Waals surface area contributed by atoms with Gasteiger partial charge in [-0.1, -0.05) is 63.9 Å². The fourth-order valence-electron chi connectivity index (χ4n) is 3.35. The van der Waals surface area contributed by atoms with Crippen LogP contribution >= 0.6 is 27.5 Å². The van der Waals surface area contributed by atoms with Crippen molar-refractivity contribution in [3.05, 3.63) is 111 Å². The predicted molar refractivity (Wildman–Crippen MR) is 143 cm³/mol. The van der Waals surface area contributed by atoms with Crippen molar-refractivity contribution in [2.24, 2.45) is 5.10 Å². The van der Waals surface area contributed by atoms with Crippen molar-refractivity contribution in [3.63, 3.8) is 0 Å². The van der Waals surface area contributed by atoms with Crippen LogP contribution in [0.25, 0.3) is 10.8 Å². The Kier molecular flexibility index (Phi) is 8.10. The van der Waals surface area contributed by atoms with Crippen molar-refractivity contribution in [2.75, 3.05) is 6.54 Å². The van der Waals surface area contributed by atoms with Crippen LogP contribution in [0.2, 0.25) is 5.02 Å². The average molecular weight is 565 g/mol. The van der Waals surface area contributed by atoms with E-state index in [1.165, 1.54) is 6.21 Å². The van der Waals surface area contributed by atoms with Gasteiger partial charge in [0.15, 0.2) is 0 Å². The van der Waals surface area contributed by atoms with E-state index in [2.05, 4.69) is 31.8 Å². The van der Waals surface area contributed by atoms with Gasteiger partial charge in [-0.2, -0.15) is 5.10 Å². The number of nitrogens with one attached hydrogen (secondary N) is 2. The molecule has 2 N–H and O–H groups in total. The summed E-state index contributed by atoms with van der Waals surface area (Å²) in [6, 6.07) is 24.2. The maximum atomic E-state index is 12.6. The topological polar surface area (TPSA) is 96.9 Å². The molecule has 0 spiro atoms. The van der Waals surface area contributed by atoms with E-state index in [4.69, 9.17) is 16.3 Å². The molecule has 0 fully saturated rings. The summed E-state index contributed by atoms with van der Waals surface area (Å²) >= 11 is 9.23. The summed E-state index contributed by atoms with van der Waals surface area (Å²) in [5.74, 6) is -1.20. The summed E-state index contributed by atoms with van der Waals surface area (Å²) in [6.45, 7) is -0.268. The Morgan fingerprint density at radius 3 is 2.50 bits per heavy atom. The molecule has 7 nitrogen and oxygen atoms in total. The highest BCUT2D eigenvalue weighted by atomic mass is 79.9. The number of amides is 2. The van der Waals surface area contributed by atoms with Crippen LogP contribution in [-0.2, 0) is 4.79 Å². The van der Waals surface area contributed by atoms with Crippen LogP contribution in [0.4, 0.5) is 0 Å². The van der Waals surface area contributed by atoms with Crippen LogP contribution in [0.5, 0.6) is 5.75 Å². The smallest absolute Gasteiger partial charge is 0.343 e. The summed E-state index contributed by atoms with van der Waals surface area (Å²) in [4.78, 5) is 37.3. The zero-order valence-electron chi connectivity index (χ0n) is 18.7. The van der Waals surface area contributed by atoms with E-state index in [0.717, 1.165) is 15.2 Å². The first-order valence-corrected chi connectivity index (χ1v) is 11.9. The molecule has 0 unspecified atom stereocenters. The van der Waals surface area contributed by atoms with E-state index in [0.29, 0.717) is 21.7 Å². The van der Waals surface area contributed by atoms with Crippen LogP contribution < -0.4 is 15.5 Å². The van der Waals surface area contributed by atoms with E-state index in [9.17, 15) is 14.4 Å². The van der Waals surface area contributed by atoms with Crippen molar-refractivity contribution in [3.8, 4) is 5.75 Å². The number of hydrazone groups is 1. The van der Waals surface area contributed by atoms with E-state index >= 15 is 0 Å². The number of nitrogens with zero attached hydrogens (tertiary/aromatic N) is 1. The van der Waals surface area contributed by atoms with Gasteiger partial charge in [0.25, 0.3) is 11.8 Å². The lowest BCUT2D eigenvalue weighted by Crippen LogP contribution is -2.35. The third kappa shape index (κ3) is 6.35. The molecule has 0 bridgehead atoms. The first-order valence-electron chi connectivity index (χ1n) is 10.8. The maximum absolute atomic E-state index is 12.6. The van der Waals surface area contributed by atoms with E-state index in [1.54, 1.807) is 54.6 Å². The van der Waals surface area contributed by atoms with Crippen LogP contribution in [-0.4, -0.2) is 30.5 Å². The molecule has 0 aliphatic heterocycles. The largest absolute Gasteiger partial charge is 0.422 e. The van der Waals surface area contributed by atoms with Crippen LogP contribution in [0.1, 0.15) is 26.3 Å². The molecular formula is C27H19BrClN3O4. The van der Waals surface area contributed by atoms with Gasteiger partial charge in [-0.25, -0.2) is 10.2 Å². The standard InChI is InChI=1S/C27H19BrClN3O4/c28-20-10-13-24(36-27(35)18-8-11-21(29)12-9-18)19(14-20)15-31-32-25(33)16-30-26(34)23-7-3-5-17-4-1-2-6-22(17)23/h1-15H,16H2,(H,30,34)(H,32,33). The molecule has 4 aromatic rings. The summed E-state index contributed by atoms with van der Waals surface area (Å²) < 4.78 is 6.21. The normalized spacial score (nSPS) is 10.8.